The highest BCUT2D eigenvalue weighted by Gasteiger charge is 2.14. The quantitative estimate of drug-likeness (QED) is 0.482. The Bertz CT molecular complexity index is 685. The predicted octanol–water partition coefficient (Wildman–Crippen LogP) is 4.16. The number of nitro groups is 1. The molecule has 0 aromatic heterocycles. The standard InChI is InChI=1S/C14H10ClNO4/c1-9-5-6-11(16(18)19)7-13(9)20-14-10(8-17)3-2-4-12(14)15/h2-8H,1H3. The van der Waals surface area contributed by atoms with Gasteiger partial charge in [0.25, 0.3) is 5.69 Å². The number of ether oxygens (including phenoxy) is 1. The summed E-state index contributed by atoms with van der Waals surface area (Å²) in [6, 6.07) is 9.02. The summed E-state index contributed by atoms with van der Waals surface area (Å²) in [4.78, 5) is 21.2. The van der Waals surface area contributed by atoms with Crippen LogP contribution in [0.2, 0.25) is 5.02 Å². The molecule has 0 heterocycles. The van der Waals surface area contributed by atoms with Crippen LogP contribution in [0.5, 0.6) is 11.5 Å². The van der Waals surface area contributed by atoms with Gasteiger partial charge in [0.05, 0.1) is 21.6 Å². The number of carbonyl (C=O) groups excluding carboxylic acids is 1. The molecule has 0 aliphatic heterocycles. The van der Waals surface area contributed by atoms with Crippen LogP contribution < -0.4 is 4.74 Å². The lowest BCUT2D eigenvalue weighted by molar-refractivity contribution is -0.384. The molecule has 0 saturated carbocycles. The van der Waals surface area contributed by atoms with Crippen LogP contribution in [-0.4, -0.2) is 11.2 Å². The molecule has 0 radical (unpaired) electrons. The zero-order valence-corrected chi connectivity index (χ0v) is 11.3. The van der Waals surface area contributed by atoms with E-state index in [4.69, 9.17) is 16.3 Å². The third-order valence-electron chi connectivity index (χ3n) is 2.72. The van der Waals surface area contributed by atoms with E-state index in [2.05, 4.69) is 0 Å². The molecule has 0 fully saturated rings. The monoisotopic (exact) mass is 291 g/mol. The van der Waals surface area contributed by atoms with Gasteiger partial charge in [0.2, 0.25) is 0 Å². The molecule has 2 rings (SSSR count). The highest BCUT2D eigenvalue weighted by atomic mass is 35.5. The molecule has 0 aliphatic rings. The van der Waals surface area contributed by atoms with Crippen LogP contribution in [0, 0.1) is 17.0 Å². The van der Waals surface area contributed by atoms with Crippen LogP contribution in [0.1, 0.15) is 15.9 Å². The zero-order chi connectivity index (χ0) is 14.7. The molecule has 20 heavy (non-hydrogen) atoms. The summed E-state index contributed by atoms with van der Waals surface area (Å²) in [7, 11) is 0. The Morgan fingerprint density at radius 1 is 1.30 bits per heavy atom. The summed E-state index contributed by atoms with van der Waals surface area (Å²) in [5.41, 5.74) is 0.890. The molecule has 0 bridgehead atoms. The molecule has 0 amide bonds. The highest BCUT2D eigenvalue weighted by Crippen LogP contribution is 2.35. The molecule has 0 N–H and O–H groups in total. The number of benzene rings is 2. The first-order chi connectivity index (χ1) is 9.52. The third-order valence-corrected chi connectivity index (χ3v) is 3.02. The van der Waals surface area contributed by atoms with Gasteiger partial charge < -0.3 is 4.74 Å². The van der Waals surface area contributed by atoms with Gasteiger partial charge in [0, 0.05) is 6.07 Å². The fourth-order valence-corrected chi connectivity index (χ4v) is 1.87. The second-order valence-corrected chi connectivity index (χ2v) is 4.49. The summed E-state index contributed by atoms with van der Waals surface area (Å²) < 4.78 is 5.59. The highest BCUT2D eigenvalue weighted by molar-refractivity contribution is 6.32. The van der Waals surface area contributed by atoms with Crippen LogP contribution in [-0.2, 0) is 0 Å². The van der Waals surface area contributed by atoms with Gasteiger partial charge in [-0.3, -0.25) is 14.9 Å². The van der Waals surface area contributed by atoms with Gasteiger partial charge in [0.1, 0.15) is 5.75 Å². The van der Waals surface area contributed by atoms with E-state index in [9.17, 15) is 14.9 Å². The Hall–Kier alpha value is -2.40. The fraction of sp³-hybridized carbons (Fsp3) is 0.0714. The van der Waals surface area contributed by atoms with Crippen molar-refractivity contribution in [1.29, 1.82) is 0 Å². The Morgan fingerprint density at radius 3 is 2.70 bits per heavy atom. The Labute approximate surface area is 119 Å². The first-order valence-electron chi connectivity index (χ1n) is 5.69. The van der Waals surface area contributed by atoms with Gasteiger partial charge in [-0.25, -0.2) is 0 Å². The second-order valence-electron chi connectivity index (χ2n) is 4.09. The van der Waals surface area contributed by atoms with Crippen molar-refractivity contribution in [2.75, 3.05) is 0 Å². The van der Waals surface area contributed by atoms with Gasteiger partial charge in [-0.15, -0.1) is 0 Å². The zero-order valence-electron chi connectivity index (χ0n) is 10.5. The number of hydrogen-bond acceptors (Lipinski definition) is 4. The molecule has 0 atom stereocenters. The van der Waals surface area contributed by atoms with Crippen molar-refractivity contribution in [2.24, 2.45) is 0 Å². The van der Waals surface area contributed by atoms with Crippen LogP contribution in [0.15, 0.2) is 36.4 Å². The van der Waals surface area contributed by atoms with E-state index in [1.807, 2.05) is 0 Å². The third kappa shape index (κ3) is 2.78. The lowest BCUT2D eigenvalue weighted by atomic mass is 10.2. The number of para-hydroxylation sites is 1. The topological polar surface area (TPSA) is 69.4 Å². The van der Waals surface area contributed by atoms with Crippen molar-refractivity contribution >= 4 is 23.6 Å². The number of aldehydes is 1. The Morgan fingerprint density at radius 2 is 2.05 bits per heavy atom. The second kappa shape index (κ2) is 5.71. The molecule has 0 saturated heterocycles. The van der Waals surface area contributed by atoms with E-state index in [0.717, 1.165) is 0 Å². The number of hydrogen-bond donors (Lipinski definition) is 0. The molecule has 2 aromatic carbocycles. The Balaban J connectivity index is 2.47. The molecular formula is C14H10ClNO4. The van der Waals surface area contributed by atoms with Crippen molar-refractivity contribution in [3.63, 3.8) is 0 Å². The average Bonchev–Trinajstić information content (AvgIpc) is 2.42. The number of carbonyl (C=O) groups is 1. The molecule has 0 spiro atoms. The molecule has 102 valence electrons. The van der Waals surface area contributed by atoms with E-state index in [1.165, 1.54) is 12.1 Å². The molecule has 0 unspecified atom stereocenters. The maximum Gasteiger partial charge on any atom is 0.273 e. The summed E-state index contributed by atoms with van der Waals surface area (Å²) in [5.74, 6) is 0.475. The number of nitrogens with zero attached hydrogens (tertiary/aromatic N) is 1. The average molecular weight is 292 g/mol. The number of non-ortho nitro benzene ring substituents is 1. The lowest BCUT2D eigenvalue weighted by Crippen LogP contribution is -1.95. The van der Waals surface area contributed by atoms with Gasteiger partial charge in [-0.1, -0.05) is 17.7 Å². The first-order valence-corrected chi connectivity index (χ1v) is 6.07. The maximum absolute atomic E-state index is 11.0. The molecule has 5 nitrogen and oxygen atoms in total. The molecular weight excluding hydrogens is 282 g/mol. The van der Waals surface area contributed by atoms with Crippen molar-refractivity contribution in [3.05, 3.63) is 62.7 Å². The van der Waals surface area contributed by atoms with Gasteiger partial charge in [0.15, 0.2) is 12.0 Å². The van der Waals surface area contributed by atoms with Gasteiger partial charge >= 0.3 is 0 Å². The largest absolute Gasteiger partial charge is 0.455 e. The minimum absolute atomic E-state index is 0.0923. The molecule has 2 aromatic rings. The van der Waals surface area contributed by atoms with Gasteiger partial charge in [-0.05, 0) is 30.7 Å². The number of halogens is 1. The van der Waals surface area contributed by atoms with E-state index < -0.39 is 4.92 Å². The predicted molar refractivity (Wildman–Crippen MR) is 74.7 cm³/mol. The van der Waals surface area contributed by atoms with Crippen molar-refractivity contribution in [1.82, 2.24) is 0 Å². The first kappa shape index (κ1) is 14.0. The van der Waals surface area contributed by atoms with E-state index >= 15 is 0 Å². The van der Waals surface area contributed by atoms with Crippen molar-refractivity contribution in [3.8, 4) is 11.5 Å². The number of aryl methyl sites for hydroxylation is 1. The number of nitro benzene ring substituents is 1. The summed E-state index contributed by atoms with van der Waals surface area (Å²) in [6.45, 7) is 1.75. The van der Waals surface area contributed by atoms with Gasteiger partial charge in [-0.2, -0.15) is 0 Å². The normalized spacial score (nSPS) is 10.1. The lowest BCUT2D eigenvalue weighted by Gasteiger charge is -2.11. The van der Waals surface area contributed by atoms with Crippen molar-refractivity contribution < 1.29 is 14.5 Å². The molecule has 6 heteroatoms. The van der Waals surface area contributed by atoms with Crippen molar-refractivity contribution in [2.45, 2.75) is 6.92 Å². The van der Waals surface area contributed by atoms with E-state index in [-0.39, 0.29) is 27.8 Å². The minimum atomic E-state index is -0.514. The smallest absolute Gasteiger partial charge is 0.273 e. The SMILES string of the molecule is Cc1ccc([N+](=O)[O-])cc1Oc1c(Cl)cccc1C=O. The van der Waals surface area contributed by atoms with Crippen LogP contribution >= 0.6 is 11.6 Å². The summed E-state index contributed by atoms with van der Waals surface area (Å²) in [5, 5.41) is 11.0. The van der Waals surface area contributed by atoms with Crippen LogP contribution in [0.3, 0.4) is 0 Å². The van der Waals surface area contributed by atoms with E-state index in [0.29, 0.717) is 11.8 Å². The molecule has 0 aliphatic carbocycles. The number of rotatable bonds is 4. The van der Waals surface area contributed by atoms with Crippen LogP contribution in [0.25, 0.3) is 0 Å². The van der Waals surface area contributed by atoms with Crippen LogP contribution in [0.4, 0.5) is 5.69 Å². The Kier molecular flexibility index (Phi) is 4.00. The summed E-state index contributed by atoms with van der Waals surface area (Å²) >= 11 is 5.99. The summed E-state index contributed by atoms with van der Waals surface area (Å²) in [6.07, 6.45) is 0.619. The maximum atomic E-state index is 11.0. The fourth-order valence-electron chi connectivity index (χ4n) is 1.65. The minimum Gasteiger partial charge on any atom is -0.455 e. The van der Waals surface area contributed by atoms with E-state index in [1.54, 1.807) is 31.2 Å².